The zero-order chi connectivity index (χ0) is 17.6. The van der Waals surface area contributed by atoms with Crippen LogP contribution in [-0.4, -0.2) is 12.1 Å². The van der Waals surface area contributed by atoms with Gasteiger partial charge in [0.25, 0.3) is 0 Å². The average Bonchev–Trinajstić information content (AvgIpc) is 2.64. The highest BCUT2D eigenvalue weighted by Gasteiger charge is 2.07. The zero-order valence-corrected chi connectivity index (χ0v) is 13.6. The molecule has 5 heteroatoms. The molecule has 0 aliphatic carbocycles. The summed E-state index contributed by atoms with van der Waals surface area (Å²) in [5, 5.41) is 10.7. The van der Waals surface area contributed by atoms with Crippen LogP contribution in [0.15, 0.2) is 77.8 Å². The van der Waals surface area contributed by atoms with Crippen LogP contribution in [0.1, 0.15) is 11.1 Å². The normalized spacial score (nSPS) is 11.1. The lowest BCUT2D eigenvalue weighted by Gasteiger charge is -2.12. The number of nitrogen functional groups attached to an aromatic ring is 1. The minimum Gasteiger partial charge on any atom is -0.398 e. The maximum absolute atomic E-state index is 7.39. The molecular weight excluding hydrogens is 310 g/mol. The molecule has 0 heterocycles. The molecule has 0 aromatic heterocycles. The van der Waals surface area contributed by atoms with Gasteiger partial charge in [0.2, 0.25) is 0 Å². The van der Waals surface area contributed by atoms with Crippen molar-refractivity contribution < 1.29 is 0 Å². The Labute approximate surface area is 146 Å². The molecule has 0 unspecified atom stereocenters. The molecule has 0 saturated heterocycles. The molecule has 0 spiro atoms. The second-order valence-corrected chi connectivity index (χ2v) is 5.49. The summed E-state index contributed by atoms with van der Waals surface area (Å²) in [4.78, 5) is 4.48. The first-order valence-electron chi connectivity index (χ1n) is 7.83. The van der Waals surface area contributed by atoms with E-state index in [0.29, 0.717) is 22.8 Å². The Bertz CT molecular complexity index is 916. The van der Waals surface area contributed by atoms with Gasteiger partial charge in [-0.05, 0) is 42.5 Å². The van der Waals surface area contributed by atoms with E-state index in [2.05, 4.69) is 10.3 Å². The van der Waals surface area contributed by atoms with E-state index in [4.69, 9.17) is 16.9 Å². The summed E-state index contributed by atoms with van der Waals surface area (Å²) in [6.07, 6.45) is 1.20. The quantitative estimate of drug-likeness (QED) is 0.323. The number of anilines is 3. The number of aliphatic imine (C=N–C) groups is 1. The van der Waals surface area contributed by atoms with Crippen molar-refractivity contribution in [3.05, 3.63) is 83.9 Å². The van der Waals surface area contributed by atoms with Gasteiger partial charge in [-0.3, -0.25) is 0 Å². The fourth-order valence-electron chi connectivity index (χ4n) is 2.45. The first-order valence-corrected chi connectivity index (χ1v) is 7.83. The highest BCUT2D eigenvalue weighted by molar-refractivity contribution is 6.04. The average molecular weight is 329 g/mol. The molecule has 5 nitrogen and oxygen atoms in total. The fourth-order valence-corrected chi connectivity index (χ4v) is 2.45. The van der Waals surface area contributed by atoms with Crippen molar-refractivity contribution in [2.24, 2.45) is 10.7 Å². The van der Waals surface area contributed by atoms with Gasteiger partial charge in [0, 0.05) is 34.4 Å². The number of hydrogen-bond donors (Lipinski definition) is 4. The molecule has 3 rings (SSSR count). The SMILES string of the molecule is N=Cc1cc(N=C(N)c2ccccc2Nc2ccccc2)ccc1N. The third-order valence-corrected chi connectivity index (χ3v) is 3.73. The molecular formula is C20H19N5. The number of nitrogens with two attached hydrogens (primary N) is 2. The summed E-state index contributed by atoms with van der Waals surface area (Å²) in [5.74, 6) is 0.389. The zero-order valence-electron chi connectivity index (χ0n) is 13.6. The third-order valence-electron chi connectivity index (χ3n) is 3.73. The van der Waals surface area contributed by atoms with Gasteiger partial charge in [-0.15, -0.1) is 0 Å². The lowest BCUT2D eigenvalue weighted by Crippen LogP contribution is -2.14. The molecule has 0 saturated carbocycles. The van der Waals surface area contributed by atoms with E-state index in [1.54, 1.807) is 18.2 Å². The van der Waals surface area contributed by atoms with Crippen LogP contribution in [0.3, 0.4) is 0 Å². The number of nitrogens with zero attached hydrogens (tertiary/aromatic N) is 1. The van der Waals surface area contributed by atoms with Crippen LogP contribution < -0.4 is 16.8 Å². The third kappa shape index (κ3) is 3.84. The second kappa shape index (κ2) is 7.31. The van der Waals surface area contributed by atoms with E-state index in [9.17, 15) is 0 Å². The second-order valence-electron chi connectivity index (χ2n) is 5.49. The summed E-state index contributed by atoms with van der Waals surface area (Å²) in [6.45, 7) is 0. The largest absolute Gasteiger partial charge is 0.398 e. The fraction of sp³-hybridized carbons (Fsp3) is 0. The standard InChI is InChI=1S/C20H19N5/c21-13-14-12-16(10-11-18(14)22)25-20(23)17-8-4-5-9-19(17)24-15-6-2-1-3-7-15/h1-13,21,24H,22H2,(H2,23,25). The van der Waals surface area contributed by atoms with Gasteiger partial charge in [0.1, 0.15) is 5.84 Å². The summed E-state index contributed by atoms with van der Waals surface area (Å²) in [7, 11) is 0. The van der Waals surface area contributed by atoms with E-state index in [-0.39, 0.29) is 0 Å². The summed E-state index contributed by atoms with van der Waals surface area (Å²) in [6, 6.07) is 22.8. The highest BCUT2D eigenvalue weighted by Crippen LogP contribution is 2.23. The topological polar surface area (TPSA) is 100 Å². The number of hydrogen-bond acceptors (Lipinski definition) is 4. The first-order chi connectivity index (χ1) is 12.2. The Morgan fingerprint density at radius 2 is 1.68 bits per heavy atom. The molecule has 25 heavy (non-hydrogen) atoms. The van der Waals surface area contributed by atoms with Crippen molar-refractivity contribution in [2.45, 2.75) is 0 Å². The Morgan fingerprint density at radius 3 is 2.44 bits per heavy atom. The van der Waals surface area contributed by atoms with Crippen LogP contribution >= 0.6 is 0 Å². The number of para-hydroxylation sites is 2. The molecule has 0 fully saturated rings. The minimum atomic E-state index is 0.389. The van der Waals surface area contributed by atoms with Gasteiger partial charge in [-0.25, -0.2) is 4.99 Å². The van der Waals surface area contributed by atoms with Crippen LogP contribution in [0.25, 0.3) is 0 Å². The molecule has 0 aliphatic heterocycles. The predicted molar refractivity (Wildman–Crippen MR) is 105 cm³/mol. The molecule has 3 aromatic rings. The monoisotopic (exact) mass is 329 g/mol. The number of amidine groups is 1. The van der Waals surface area contributed by atoms with Crippen LogP contribution in [0.2, 0.25) is 0 Å². The van der Waals surface area contributed by atoms with Crippen LogP contribution in [0.4, 0.5) is 22.7 Å². The van der Waals surface area contributed by atoms with Crippen LogP contribution in [0, 0.1) is 5.41 Å². The van der Waals surface area contributed by atoms with E-state index in [1.165, 1.54) is 6.21 Å². The van der Waals surface area contributed by atoms with Gasteiger partial charge in [0.05, 0.1) is 5.69 Å². The van der Waals surface area contributed by atoms with Crippen molar-refractivity contribution in [1.29, 1.82) is 5.41 Å². The van der Waals surface area contributed by atoms with Crippen molar-refractivity contribution in [3.63, 3.8) is 0 Å². The van der Waals surface area contributed by atoms with Gasteiger partial charge in [0.15, 0.2) is 0 Å². The molecule has 0 amide bonds. The van der Waals surface area contributed by atoms with Crippen LogP contribution in [-0.2, 0) is 0 Å². The number of benzene rings is 3. The van der Waals surface area contributed by atoms with E-state index >= 15 is 0 Å². The molecule has 0 atom stereocenters. The molecule has 124 valence electrons. The maximum Gasteiger partial charge on any atom is 0.133 e. The maximum atomic E-state index is 7.39. The van der Waals surface area contributed by atoms with E-state index in [0.717, 1.165) is 16.9 Å². The molecule has 0 radical (unpaired) electrons. The molecule has 6 N–H and O–H groups in total. The lowest BCUT2D eigenvalue weighted by molar-refractivity contribution is 1.43. The predicted octanol–water partition coefficient (Wildman–Crippen LogP) is 4.05. The Balaban J connectivity index is 1.94. The van der Waals surface area contributed by atoms with Crippen molar-refractivity contribution in [3.8, 4) is 0 Å². The van der Waals surface area contributed by atoms with Gasteiger partial charge in [-0.1, -0.05) is 30.3 Å². The number of nitrogens with one attached hydrogen (secondary N) is 2. The van der Waals surface area contributed by atoms with Gasteiger partial charge >= 0.3 is 0 Å². The summed E-state index contributed by atoms with van der Waals surface area (Å²) in [5.41, 5.74) is 16.5. The molecule has 0 aliphatic rings. The Hall–Kier alpha value is -3.60. The first kappa shape index (κ1) is 16.3. The van der Waals surface area contributed by atoms with Crippen molar-refractivity contribution in [1.82, 2.24) is 0 Å². The minimum absolute atomic E-state index is 0.389. The number of rotatable bonds is 5. The Kier molecular flexibility index (Phi) is 4.76. The van der Waals surface area contributed by atoms with Gasteiger partial charge in [-0.2, -0.15) is 0 Å². The lowest BCUT2D eigenvalue weighted by atomic mass is 10.1. The van der Waals surface area contributed by atoms with E-state index < -0.39 is 0 Å². The van der Waals surface area contributed by atoms with Gasteiger partial charge < -0.3 is 22.2 Å². The van der Waals surface area contributed by atoms with Crippen molar-refractivity contribution >= 4 is 34.8 Å². The van der Waals surface area contributed by atoms with Crippen molar-refractivity contribution in [2.75, 3.05) is 11.1 Å². The van der Waals surface area contributed by atoms with Crippen LogP contribution in [0.5, 0.6) is 0 Å². The van der Waals surface area contributed by atoms with E-state index in [1.807, 2.05) is 54.6 Å². The smallest absolute Gasteiger partial charge is 0.133 e. The Morgan fingerprint density at radius 1 is 0.960 bits per heavy atom. The summed E-state index contributed by atoms with van der Waals surface area (Å²) >= 11 is 0. The molecule has 3 aromatic carbocycles. The molecule has 0 bridgehead atoms. The summed E-state index contributed by atoms with van der Waals surface area (Å²) < 4.78 is 0. The highest BCUT2D eigenvalue weighted by atomic mass is 14.9.